The number of hydrogen-bond donors (Lipinski definition) is 2. The molecule has 0 saturated heterocycles. The summed E-state index contributed by atoms with van der Waals surface area (Å²) in [4.78, 5) is 19.9. The van der Waals surface area contributed by atoms with Crippen molar-refractivity contribution in [2.75, 3.05) is 10.0 Å². The highest BCUT2D eigenvalue weighted by atomic mass is 79.9. The first-order valence-electron chi connectivity index (χ1n) is 7.25. The Balaban J connectivity index is 1.75. The molecule has 2 heterocycles. The number of aryl methyl sites for hydroxylation is 1. The number of halogens is 1. The highest BCUT2D eigenvalue weighted by molar-refractivity contribution is 9.10. The fourth-order valence-corrected chi connectivity index (χ4v) is 3.59. The van der Waals surface area contributed by atoms with E-state index in [1.807, 2.05) is 0 Å². The molecule has 1 aromatic carbocycles. The minimum absolute atomic E-state index is 0.0182. The minimum atomic E-state index is -3.82. The monoisotopic (exact) mass is 436 g/mol. The van der Waals surface area contributed by atoms with Crippen LogP contribution in [0.5, 0.6) is 0 Å². The number of carbonyl (C=O) groups excluding carboxylic acids is 1. The first kappa shape index (κ1) is 18.0. The molecule has 3 rings (SSSR count). The number of benzene rings is 1. The van der Waals surface area contributed by atoms with Gasteiger partial charge in [-0.05, 0) is 46.3 Å². The summed E-state index contributed by atoms with van der Waals surface area (Å²) in [6, 6.07) is 7.30. The maximum atomic E-state index is 12.3. The number of rotatable bonds is 5. The highest BCUT2D eigenvalue weighted by Crippen LogP contribution is 2.19. The van der Waals surface area contributed by atoms with E-state index in [9.17, 15) is 13.2 Å². The van der Waals surface area contributed by atoms with Gasteiger partial charge < -0.3 is 5.32 Å². The second-order valence-corrected chi connectivity index (χ2v) is 7.66. The zero-order valence-electron chi connectivity index (χ0n) is 13.4. The Labute approximate surface area is 157 Å². The van der Waals surface area contributed by atoms with E-state index in [-0.39, 0.29) is 16.8 Å². The van der Waals surface area contributed by atoms with Gasteiger partial charge in [0.1, 0.15) is 5.69 Å². The Bertz CT molecular complexity index is 1020. The maximum Gasteiger partial charge on any atom is 0.275 e. The molecule has 1 amide bonds. The molecule has 0 atom stereocenters. The maximum absolute atomic E-state index is 12.3. The number of sulfonamides is 1. The van der Waals surface area contributed by atoms with Crippen LogP contribution in [0.3, 0.4) is 0 Å². The highest BCUT2D eigenvalue weighted by Gasteiger charge is 2.17. The lowest BCUT2D eigenvalue weighted by molar-refractivity contribution is 0.101. The fourth-order valence-electron chi connectivity index (χ4n) is 2.10. The van der Waals surface area contributed by atoms with Crippen molar-refractivity contribution in [2.45, 2.75) is 4.90 Å². The van der Waals surface area contributed by atoms with Crippen LogP contribution in [0.4, 0.5) is 11.6 Å². The third-order valence-corrected chi connectivity index (χ3v) is 5.25. The largest absolute Gasteiger partial charge is 0.321 e. The zero-order chi connectivity index (χ0) is 18.7. The fraction of sp³-hybridized carbons (Fsp3) is 0.0667. The number of anilines is 2. The number of nitrogens with zero attached hydrogens (tertiary/aromatic N) is 4. The van der Waals surface area contributed by atoms with Crippen LogP contribution in [0.2, 0.25) is 0 Å². The molecule has 0 aliphatic rings. The summed E-state index contributed by atoms with van der Waals surface area (Å²) < 4.78 is 28.9. The Morgan fingerprint density at radius 2 is 1.81 bits per heavy atom. The van der Waals surface area contributed by atoms with Crippen molar-refractivity contribution < 1.29 is 13.2 Å². The van der Waals surface area contributed by atoms with Crippen LogP contribution >= 0.6 is 15.9 Å². The van der Waals surface area contributed by atoms with E-state index in [0.29, 0.717) is 15.9 Å². The lowest BCUT2D eigenvalue weighted by Gasteiger charge is -2.09. The molecule has 0 aliphatic heterocycles. The van der Waals surface area contributed by atoms with Crippen molar-refractivity contribution >= 4 is 43.5 Å². The molecule has 0 bridgehead atoms. The lowest BCUT2D eigenvalue weighted by Crippen LogP contribution is -2.17. The van der Waals surface area contributed by atoms with E-state index in [1.54, 1.807) is 13.1 Å². The molecule has 0 aliphatic carbocycles. The summed E-state index contributed by atoms with van der Waals surface area (Å²) in [5.74, 6) is -0.394. The molecule has 0 unspecified atom stereocenters. The van der Waals surface area contributed by atoms with Gasteiger partial charge in [0.05, 0.1) is 15.6 Å². The van der Waals surface area contributed by atoms with Crippen molar-refractivity contribution in [3.8, 4) is 0 Å². The van der Waals surface area contributed by atoms with E-state index >= 15 is 0 Å². The minimum Gasteiger partial charge on any atom is -0.321 e. The third kappa shape index (κ3) is 3.89. The molecule has 3 aromatic rings. The first-order chi connectivity index (χ1) is 12.4. The van der Waals surface area contributed by atoms with Crippen LogP contribution < -0.4 is 10.0 Å². The smallest absolute Gasteiger partial charge is 0.275 e. The quantitative estimate of drug-likeness (QED) is 0.631. The molecule has 26 heavy (non-hydrogen) atoms. The van der Waals surface area contributed by atoms with Crippen molar-refractivity contribution in [3.63, 3.8) is 0 Å². The molecule has 0 radical (unpaired) electrons. The molecular formula is C15H13BrN6O3S. The van der Waals surface area contributed by atoms with Gasteiger partial charge in [0.25, 0.3) is 15.9 Å². The summed E-state index contributed by atoms with van der Waals surface area (Å²) in [6.45, 7) is 0. The lowest BCUT2D eigenvalue weighted by atomic mass is 10.3. The normalized spacial score (nSPS) is 11.2. The topological polar surface area (TPSA) is 119 Å². The van der Waals surface area contributed by atoms with E-state index in [1.165, 1.54) is 47.5 Å². The van der Waals surface area contributed by atoms with Gasteiger partial charge in [-0.1, -0.05) is 0 Å². The van der Waals surface area contributed by atoms with Crippen LogP contribution in [0.25, 0.3) is 0 Å². The van der Waals surface area contributed by atoms with Crippen molar-refractivity contribution in [3.05, 3.63) is 59.1 Å². The molecule has 9 nitrogen and oxygen atoms in total. The van der Waals surface area contributed by atoms with Gasteiger partial charge in [-0.3, -0.25) is 9.48 Å². The standard InChI is InChI=1S/C15H13BrN6O3S/c1-22-13(12(16)9-19-22)14(23)20-10-3-5-11(6-4-10)26(24,25)21-15-17-7-2-8-18-15/h2-9H,1H3,(H,20,23)(H,17,18,21). The summed E-state index contributed by atoms with van der Waals surface area (Å²) in [5, 5.41) is 6.66. The first-order valence-corrected chi connectivity index (χ1v) is 9.53. The van der Waals surface area contributed by atoms with Gasteiger partial charge in [-0.2, -0.15) is 5.10 Å². The SMILES string of the molecule is Cn1ncc(Br)c1C(=O)Nc1ccc(S(=O)(=O)Nc2ncccn2)cc1. The van der Waals surface area contributed by atoms with Gasteiger partial charge >= 0.3 is 0 Å². The number of aromatic nitrogens is 4. The van der Waals surface area contributed by atoms with Crippen molar-refractivity contribution in [2.24, 2.45) is 7.05 Å². The van der Waals surface area contributed by atoms with Crippen molar-refractivity contribution in [1.29, 1.82) is 0 Å². The molecule has 11 heteroatoms. The van der Waals surface area contributed by atoms with Crippen LogP contribution in [0.15, 0.2) is 58.3 Å². The van der Waals surface area contributed by atoms with Gasteiger partial charge in [-0.25, -0.2) is 23.1 Å². The Morgan fingerprint density at radius 3 is 2.38 bits per heavy atom. The van der Waals surface area contributed by atoms with E-state index in [0.717, 1.165) is 0 Å². The molecule has 0 saturated carbocycles. The second-order valence-electron chi connectivity index (χ2n) is 5.12. The molecule has 2 N–H and O–H groups in total. The Morgan fingerprint density at radius 1 is 1.15 bits per heavy atom. The number of carbonyl (C=O) groups is 1. The van der Waals surface area contributed by atoms with Crippen LogP contribution in [-0.4, -0.2) is 34.1 Å². The van der Waals surface area contributed by atoms with E-state index in [4.69, 9.17) is 0 Å². The number of nitrogens with one attached hydrogen (secondary N) is 2. The molecular weight excluding hydrogens is 424 g/mol. The van der Waals surface area contributed by atoms with Crippen LogP contribution in [0, 0.1) is 0 Å². The summed E-state index contributed by atoms with van der Waals surface area (Å²) in [6.07, 6.45) is 4.38. The van der Waals surface area contributed by atoms with Gasteiger partial charge in [-0.15, -0.1) is 0 Å². The number of hydrogen-bond acceptors (Lipinski definition) is 6. The summed E-state index contributed by atoms with van der Waals surface area (Å²) >= 11 is 3.26. The summed E-state index contributed by atoms with van der Waals surface area (Å²) in [5.41, 5.74) is 0.794. The van der Waals surface area contributed by atoms with Gasteiger partial charge in [0, 0.05) is 25.1 Å². The molecule has 0 fully saturated rings. The number of amides is 1. The predicted molar refractivity (Wildman–Crippen MR) is 98.1 cm³/mol. The zero-order valence-corrected chi connectivity index (χ0v) is 15.8. The molecule has 134 valence electrons. The van der Waals surface area contributed by atoms with Crippen LogP contribution in [-0.2, 0) is 17.1 Å². The Kier molecular flexibility index (Phi) is 5.00. The average Bonchev–Trinajstić information content (AvgIpc) is 2.94. The van der Waals surface area contributed by atoms with E-state index in [2.05, 4.69) is 41.0 Å². The van der Waals surface area contributed by atoms with Crippen molar-refractivity contribution in [1.82, 2.24) is 19.7 Å². The summed E-state index contributed by atoms with van der Waals surface area (Å²) in [7, 11) is -2.18. The molecule has 2 aromatic heterocycles. The second kappa shape index (κ2) is 7.22. The van der Waals surface area contributed by atoms with Gasteiger partial charge in [0.2, 0.25) is 5.95 Å². The van der Waals surface area contributed by atoms with E-state index < -0.39 is 10.0 Å². The third-order valence-electron chi connectivity index (χ3n) is 3.32. The molecule has 0 spiro atoms. The average molecular weight is 437 g/mol. The predicted octanol–water partition coefficient (Wildman–Crippen LogP) is 2.03. The Hall–Kier alpha value is -2.79. The van der Waals surface area contributed by atoms with Crippen LogP contribution in [0.1, 0.15) is 10.5 Å². The van der Waals surface area contributed by atoms with Gasteiger partial charge in [0.15, 0.2) is 0 Å².